The summed E-state index contributed by atoms with van der Waals surface area (Å²) in [5.74, 6) is 1.59. The number of benzene rings is 3. The van der Waals surface area contributed by atoms with Crippen molar-refractivity contribution in [2.24, 2.45) is 0 Å². The summed E-state index contributed by atoms with van der Waals surface area (Å²) in [7, 11) is 0. The van der Waals surface area contributed by atoms with Crippen molar-refractivity contribution in [1.82, 2.24) is 10.3 Å². The second-order valence-electron chi connectivity index (χ2n) is 9.51. The van der Waals surface area contributed by atoms with Crippen LogP contribution in [0.25, 0.3) is 21.8 Å². The molecule has 3 N–H and O–H groups in total. The third-order valence-corrected chi connectivity index (χ3v) is 6.01. The number of aromatic amines is 1. The van der Waals surface area contributed by atoms with E-state index in [4.69, 9.17) is 14.7 Å². The topological polar surface area (TPSA) is 90.3 Å². The number of fused-ring (bicyclic) bond motifs is 3. The molecule has 0 saturated heterocycles. The molecule has 1 aromatic heterocycles. The summed E-state index contributed by atoms with van der Waals surface area (Å²) in [4.78, 5) is 3.42. The number of nitrogens with zero attached hydrogens (tertiary/aromatic N) is 1. The number of hydrogen-bond donors (Lipinski definition) is 3. The van der Waals surface area contributed by atoms with Gasteiger partial charge < -0.3 is 24.9 Å². The molecule has 6 nitrogen and oxygen atoms in total. The fourth-order valence-electron chi connectivity index (χ4n) is 4.25. The molecule has 0 aliphatic carbocycles. The zero-order valence-corrected chi connectivity index (χ0v) is 20.4. The van der Waals surface area contributed by atoms with Crippen molar-refractivity contribution >= 4 is 21.8 Å². The zero-order valence-electron chi connectivity index (χ0n) is 20.4. The van der Waals surface area contributed by atoms with E-state index >= 15 is 0 Å². The Kier molecular flexibility index (Phi) is 7.91. The molecular weight excluding hydrogens is 438 g/mol. The van der Waals surface area contributed by atoms with Crippen LogP contribution in [0.2, 0.25) is 0 Å². The van der Waals surface area contributed by atoms with Crippen LogP contribution in [0.4, 0.5) is 0 Å². The number of aliphatic hydroxyl groups excluding tert-OH is 1. The first-order valence-corrected chi connectivity index (χ1v) is 12.1. The van der Waals surface area contributed by atoms with Gasteiger partial charge >= 0.3 is 0 Å². The summed E-state index contributed by atoms with van der Waals surface area (Å²) in [6, 6.07) is 24.3. The van der Waals surface area contributed by atoms with E-state index in [-0.39, 0.29) is 12.1 Å². The normalized spacial score (nSPS) is 12.5. The predicted octanol–water partition coefficient (Wildman–Crippen LogP) is 5.35. The van der Waals surface area contributed by atoms with Gasteiger partial charge in [0, 0.05) is 34.8 Å². The highest BCUT2D eigenvalue weighted by atomic mass is 16.5. The minimum Gasteiger partial charge on any atom is -0.494 e. The number of rotatable bonds is 12. The van der Waals surface area contributed by atoms with E-state index < -0.39 is 6.10 Å². The molecule has 0 spiro atoms. The van der Waals surface area contributed by atoms with E-state index in [1.54, 1.807) is 0 Å². The van der Waals surface area contributed by atoms with Gasteiger partial charge in [0.1, 0.15) is 24.2 Å². The molecule has 0 bridgehead atoms. The predicted molar refractivity (Wildman–Crippen MR) is 140 cm³/mol. The molecule has 0 amide bonds. The number of para-hydroxylation sites is 1. The van der Waals surface area contributed by atoms with E-state index in [0.29, 0.717) is 19.6 Å². The number of H-pyrrole nitrogens is 1. The van der Waals surface area contributed by atoms with Crippen LogP contribution in [0.15, 0.2) is 66.7 Å². The molecule has 1 heterocycles. The molecule has 0 radical (unpaired) electrons. The van der Waals surface area contributed by atoms with Gasteiger partial charge in [-0.2, -0.15) is 5.26 Å². The SMILES string of the molecule is CC(C)(Cc1ccc(OCCCC#N)cc1)NC[C@H](O)COc1cccc2[nH]c3ccccc3c12. The lowest BCUT2D eigenvalue weighted by atomic mass is 9.94. The highest BCUT2D eigenvalue weighted by molar-refractivity contribution is 6.10. The Morgan fingerprint density at radius 1 is 1.00 bits per heavy atom. The highest BCUT2D eigenvalue weighted by Gasteiger charge is 2.20. The van der Waals surface area contributed by atoms with Crippen molar-refractivity contribution in [3.63, 3.8) is 0 Å². The molecule has 1 atom stereocenters. The molecule has 35 heavy (non-hydrogen) atoms. The number of aliphatic hydroxyl groups is 1. The van der Waals surface area contributed by atoms with E-state index in [0.717, 1.165) is 46.1 Å². The lowest BCUT2D eigenvalue weighted by molar-refractivity contribution is 0.0996. The maximum Gasteiger partial charge on any atom is 0.129 e. The van der Waals surface area contributed by atoms with Gasteiger partial charge in [-0.15, -0.1) is 0 Å². The number of ether oxygens (including phenoxy) is 2. The Labute approximate surface area is 206 Å². The van der Waals surface area contributed by atoms with Gasteiger partial charge in [0.25, 0.3) is 0 Å². The van der Waals surface area contributed by atoms with Crippen molar-refractivity contribution in [2.45, 2.75) is 44.8 Å². The Morgan fingerprint density at radius 2 is 1.77 bits per heavy atom. The lowest BCUT2D eigenvalue weighted by Gasteiger charge is -2.28. The van der Waals surface area contributed by atoms with Gasteiger partial charge in [-0.1, -0.05) is 36.4 Å². The standard InChI is InChI=1S/C29H33N3O3/c1-29(2,18-21-12-14-23(15-13-21)34-17-6-5-16-30)31-19-22(33)20-35-27-11-7-10-26-28(27)24-8-3-4-9-25(24)32-26/h3-4,7-15,22,31-33H,5-6,17-20H2,1-2H3/t22-/m0/s1. The second-order valence-corrected chi connectivity index (χ2v) is 9.51. The molecular formula is C29H33N3O3. The van der Waals surface area contributed by atoms with E-state index in [1.807, 2.05) is 42.5 Å². The van der Waals surface area contributed by atoms with Crippen LogP contribution in [0, 0.1) is 11.3 Å². The molecule has 0 aliphatic rings. The zero-order chi connectivity index (χ0) is 24.7. The number of β-amino-alcohol motifs (C(OH)–C–C–N with tert-alkyl or cyclic N) is 1. The molecule has 0 saturated carbocycles. The molecule has 3 aromatic carbocycles. The molecule has 182 valence electrons. The summed E-state index contributed by atoms with van der Waals surface area (Å²) < 4.78 is 11.7. The average Bonchev–Trinajstić information content (AvgIpc) is 3.24. The largest absolute Gasteiger partial charge is 0.494 e. The fraction of sp³-hybridized carbons (Fsp3) is 0.345. The summed E-state index contributed by atoms with van der Waals surface area (Å²) in [5, 5.41) is 24.8. The van der Waals surface area contributed by atoms with Gasteiger partial charge in [0.05, 0.1) is 18.2 Å². The van der Waals surface area contributed by atoms with Crippen LogP contribution in [-0.2, 0) is 6.42 Å². The van der Waals surface area contributed by atoms with Crippen LogP contribution >= 0.6 is 0 Å². The molecule has 6 heteroatoms. The van der Waals surface area contributed by atoms with E-state index in [2.05, 4.69) is 54.5 Å². The minimum absolute atomic E-state index is 0.201. The first-order chi connectivity index (χ1) is 16.9. The number of aromatic nitrogens is 1. The highest BCUT2D eigenvalue weighted by Crippen LogP contribution is 2.33. The van der Waals surface area contributed by atoms with E-state index in [9.17, 15) is 5.11 Å². The second kappa shape index (κ2) is 11.3. The first kappa shape index (κ1) is 24.6. The average molecular weight is 472 g/mol. The summed E-state index contributed by atoms with van der Waals surface area (Å²) in [5.41, 5.74) is 3.08. The van der Waals surface area contributed by atoms with Crippen molar-refractivity contribution in [3.05, 3.63) is 72.3 Å². The molecule has 0 fully saturated rings. The first-order valence-electron chi connectivity index (χ1n) is 12.1. The smallest absolute Gasteiger partial charge is 0.129 e. The summed E-state index contributed by atoms with van der Waals surface area (Å²) in [6.45, 7) is 5.43. The van der Waals surface area contributed by atoms with E-state index in [1.165, 1.54) is 5.56 Å². The van der Waals surface area contributed by atoms with Crippen LogP contribution in [0.5, 0.6) is 11.5 Å². The summed E-state index contributed by atoms with van der Waals surface area (Å²) >= 11 is 0. The van der Waals surface area contributed by atoms with Gasteiger partial charge in [-0.05, 0) is 62.6 Å². The van der Waals surface area contributed by atoms with Gasteiger partial charge in [-0.25, -0.2) is 0 Å². The third kappa shape index (κ3) is 6.54. The molecule has 4 aromatic rings. The monoisotopic (exact) mass is 471 g/mol. The quantitative estimate of drug-likeness (QED) is 0.242. The summed E-state index contributed by atoms with van der Waals surface area (Å²) in [6.07, 6.45) is 1.41. The Bertz CT molecular complexity index is 1290. The third-order valence-electron chi connectivity index (χ3n) is 6.01. The van der Waals surface area contributed by atoms with Crippen molar-refractivity contribution in [3.8, 4) is 17.6 Å². The van der Waals surface area contributed by atoms with Gasteiger partial charge in [0.2, 0.25) is 0 Å². The minimum atomic E-state index is -0.640. The van der Waals surface area contributed by atoms with Crippen molar-refractivity contribution in [1.29, 1.82) is 5.26 Å². The number of hydrogen-bond acceptors (Lipinski definition) is 5. The van der Waals surface area contributed by atoms with Gasteiger partial charge in [-0.3, -0.25) is 0 Å². The molecule has 0 unspecified atom stereocenters. The lowest BCUT2D eigenvalue weighted by Crippen LogP contribution is -2.46. The van der Waals surface area contributed by atoms with Crippen molar-refractivity contribution < 1.29 is 14.6 Å². The fourth-order valence-corrected chi connectivity index (χ4v) is 4.25. The number of nitrogens with one attached hydrogen (secondary N) is 2. The number of nitriles is 1. The Hall–Kier alpha value is -3.53. The van der Waals surface area contributed by atoms with Gasteiger partial charge in [0.15, 0.2) is 0 Å². The Morgan fingerprint density at radius 3 is 2.57 bits per heavy atom. The van der Waals surface area contributed by atoms with Crippen LogP contribution in [0.1, 0.15) is 32.3 Å². The molecule has 4 rings (SSSR count). The maximum atomic E-state index is 10.6. The number of unbranched alkanes of at least 4 members (excludes halogenated alkanes) is 1. The molecule has 0 aliphatic heterocycles. The van der Waals surface area contributed by atoms with Crippen LogP contribution in [-0.4, -0.2) is 41.5 Å². The Balaban J connectivity index is 1.27. The van der Waals surface area contributed by atoms with Crippen LogP contribution < -0.4 is 14.8 Å². The van der Waals surface area contributed by atoms with Crippen LogP contribution in [0.3, 0.4) is 0 Å². The maximum absolute atomic E-state index is 10.6. The van der Waals surface area contributed by atoms with Crippen molar-refractivity contribution in [2.75, 3.05) is 19.8 Å².